The second-order valence-corrected chi connectivity index (χ2v) is 3.94. The third kappa shape index (κ3) is 2.23. The Morgan fingerprint density at radius 3 is 2.72 bits per heavy atom. The zero-order valence-electron chi connectivity index (χ0n) is 9.28. The number of aromatic amines is 1. The lowest BCUT2D eigenvalue weighted by Gasteiger charge is -2.02. The van der Waals surface area contributed by atoms with Crippen molar-refractivity contribution in [2.75, 3.05) is 5.32 Å². The molecule has 0 aliphatic carbocycles. The Morgan fingerprint density at radius 1 is 1.44 bits per heavy atom. The van der Waals surface area contributed by atoms with Crippen molar-refractivity contribution in [3.63, 3.8) is 0 Å². The number of carboxylic acids is 1. The Labute approximate surface area is 107 Å². The van der Waals surface area contributed by atoms with Gasteiger partial charge < -0.3 is 19.8 Å². The molecule has 2 aromatic heterocycles. The maximum atomic E-state index is 11.7. The van der Waals surface area contributed by atoms with Gasteiger partial charge in [-0.05, 0) is 30.7 Å². The number of aromatic carboxylic acids is 1. The van der Waals surface area contributed by atoms with E-state index in [1.165, 1.54) is 18.3 Å². The van der Waals surface area contributed by atoms with E-state index in [4.69, 9.17) is 21.1 Å². The van der Waals surface area contributed by atoms with Crippen molar-refractivity contribution in [3.05, 3.63) is 40.6 Å². The van der Waals surface area contributed by atoms with Gasteiger partial charge >= 0.3 is 5.97 Å². The van der Waals surface area contributed by atoms with E-state index in [1.807, 2.05) is 0 Å². The van der Waals surface area contributed by atoms with E-state index in [0.29, 0.717) is 5.69 Å². The number of carboxylic acid groups (broad SMARTS) is 1. The first-order valence-corrected chi connectivity index (χ1v) is 5.35. The molecule has 3 N–H and O–H groups in total. The quantitative estimate of drug-likeness (QED) is 0.797. The molecule has 0 aliphatic rings. The monoisotopic (exact) mass is 268 g/mol. The van der Waals surface area contributed by atoms with Crippen LogP contribution in [0.4, 0.5) is 5.69 Å². The van der Waals surface area contributed by atoms with Crippen molar-refractivity contribution in [2.24, 2.45) is 0 Å². The van der Waals surface area contributed by atoms with Gasteiger partial charge in [-0.1, -0.05) is 0 Å². The molecule has 7 heteroatoms. The third-order valence-corrected chi connectivity index (χ3v) is 2.54. The van der Waals surface area contributed by atoms with E-state index >= 15 is 0 Å². The first-order valence-electron chi connectivity index (χ1n) is 4.97. The Morgan fingerprint density at radius 2 is 2.17 bits per heavy atom. The fourth-order valence-corrected chi connectivity index (χ4v) is 1.67. The molecular weight excluding hydrogens is 260 g/mol. The number of aromatic nitrogens is 1. The molecule has 18 heavy (non-hydrogen) atoms. The lowest BCUT2D eigenvalue weighted by molar-refractivity contribution is 0.0697. The molecule has 0 aliphatic heterocycles. The molecule has 0 bridgehead atoms. The summed E-state index contributed by atoms with van der Waals surface area (Å²) in [5.74, 6) is -1.68. The highest BCUT2D eigenvalue weighted by Gasteiger charge is 2.19. The van der Waals surface area contributed by atoms with Crippen LogP contribution in [0, 0.1) is 6.92 Å². The number of furan rings is 1. The van der Waals surface area contributed by atoms with Crippen LogP contribution in [-0.4, -0.2) is 22.0 Å². The standard InChI is InChI=1S/C11H9ClN2O4/c1-5-9(11(16)17)6(4-13-5)14-10(15)7-2-3-8(12)18-7/h2-4,13H,1H3,(H,14,15)(H,16,17). The molecule has 0 atom stereocenters. The van der Waals surface area contributed by atoms with Crippen molar-refractivity contribution < 1.29 is 19.1 Å². The minimum Gasteiger partial charge on any atom is -0.478 e. The zero-order chi connectivity index (χ0) is 13.3. The van der Waals surface area contributed by atoms with Gasteiger partial charge in [0, 0.05) is 11.9 Å². The van der Waals surface area contributed by atoms with Gasteiger partial charge in [0.1, 0.15) is 5.56 Å². The molecule has 2 rings (SSSR count). The molecule has 0 unspecified atom stereocenters. The molecular formula is C11H9ClN2O4. The van der Waals surface area contributed by atoms with E-state index < -0.39 is 11.9 Å². The minimum absolute atomic E-state index is 0.00944. The van der Waals surface area contributed by atoms with Crippen LogP contribution in [-0.2, 0) is 0 Å². The second kappa shape index (κ2) is 4.58. The van der Waals surface area contributed by atoms with Crippen molar-refractivity contribution in [1.82, 2.24) is 4.98 Å². The number of carbonyl (C=O) groups excluding carboxylic acids is 1. The Bertz CT molecular complexity index is 614. The number of halogens is 1. The highest BCUT2D eigenvalue weighted by molar-refractivity contribution is 6.29. The summed E-state index contributed by atoms with van der Waals surface area (Å²) in [6.07, 6.45) is 1.40. The van der Waals surface area contributed by atoms with Gasteiger partial charge in [0.25, 0.3) is 5.91 Å². The number of carbonyl (C=O) groups is 2. The SMILES string of the molecule is Cc1[nH]cc(NC(=O)c2ccc(Cl)o2)c1C(=O)O. The summed E-state index contributed by atoms with van der Waals surface area (Å²) >= 11 is 5.55. The van der Waals surface area contributed by atoms with Gasteiger partial charge in [-0.25, -0.2) is 4.79 Å². The normalized spacial score (nSPS) is 10.3. The van der Waals surface area contributed by atoms with Crippen LogP contribution in [0.25, 0.3) is 0 Å². The summed E-state index contributed by atoms with van der Waals surface area (Å²) in [6, 6.07) is 2.83. The van der Waals surface area contributed by atoms with Crippen LogP contribution in [0.2, 0.25) is 5.22 Å². The summed E-state index contributed by atoms with van der Waals surface area (Å²) in [5, 5.41) is 11.5. The number of anilines is 1. The van der Waals surface area contributed by atoms with Crippen molar-refractivity contribution in [2.45, 2.75) is 6.92 Å². The third-order valence-electron chi connectivity index (χ3n) is 2.34. The van der Waals surface area contributed by atoms with E-state index in [9.17, 15) is 9.59 Å². The maximum Gasteiger partial charge on any atom is 0.339 e. The molecule has 0 saturated carbocycles. The number of amides is 1. The fourth-order valence-electron chi connectivity index (χ4n) is 1.52. The largest absolute Gasteiger partial charge is 0.478 e. The lowest BCUT2D eigenvalue weighted by atomic mass is 10.2. The van der Waals surface area contributed by atoms with Gasteiger partial charge in [-0.15, -0.1) is 0 Å². The van der Waals surface area contributed by atoms with Crippen LogP contribution in [0.3, 0.4) is 0 Å². The predicted octanol–water partition coefficient (Wildman–Crippen LogP) is 2.52. The van der Waals surface area contributed by atoms with Crippen LogP contribution in [0.15, 0.2) is 22.7 Å². The average Bonchev–Trinajstić information content (AvgIpc) is 2.85. The molecule has 2 aromatic rings. The van der Waals surface area contributed by atoms with Crippen molar-refractivity contribution >= 4 is 29.2 Å². The highest BCUT2D eigenvalue weighted by Crippen LogP contribution is 2.21. The fraction of sp³-hybridized carbons (Fsp3) is 0.0909. The smallest absolute Gasteiger partial charge is 0.339 e. The van der Waals surface area contributed by atoms with Gasteiger partial charge in [-0.3, -0.25) is 4.79 Å². The molecule has 0 saturated heterocycles. The van der Waals surface area contributed by atoms with Crippen molar-refractivity contribution in [1.29, 1.82) is 0 Å². The highest BCUT2D eigenvalue weighted by atomic mass is 35.5. The molecule has 94 valence electrons. The Kier molecular flexibility index (Phi) is 3.12. The Balaban J connectivity index is 2.25. The second-order valence-electron chi connectivity index (χ2n) is 3.57. The Hall–Kier alpha value is -2.21. The summed E-state index contributed by atoms with van der Waals surface area (Å²) in [4.78, 5) is 25.5. The van der Waals surface area contributed by atoms with Crippen LogP contribution in [0.5, 0.6) is 0 Å². The van der Waals surface area contributed by atoms with E-state index in [1.54, 1.807) is 6.92 Å². The molecule has 1 amide bonds. The van der Waals surface area contributed by atoms with Gasteiger partial charge in [0.05, 0.1) is 5.69 Å². The summed E-state index contributed by atoms with van der Waals surface area (Å²) in [6.45, 7) is 1.60. The van der Waals surface area contributed by atoms with Crippen LogP contribution in [0.1, 0.15) is 26.6 Å². The number of rotatable bonds is 3. The molecule has 0 radical (unpaired) electrons. The summed E-state index contributed by atoms with van der Waals surface area (Å²) in [5.41, 5.74) is 0.647. The van der Waals surface area contributed by atoms with Crippen LogP contribution >= 0.6 is 11.6 Å². The molecule has 0 aromatic carbocycles. The van der Waals surface area contributed by atoms with Gasteiger partial charge in [-0.2, -0.15) is 0 Å². The summed E-state index contributed by atoms with van der Waals surface area (Å²) < 4.78 is 4.92. The first-order chi connectivity index (χ1) is 8.49. The van der Waals surface area contributed by atoms with Crippen molar-refractivity contribution in [3.8, 4) is 0 Å². The summed E-state index contributed by atoms with van der Waals surface area (Å²) in [7, 11) is 0. The van der Waals surface area contributed by atoms with E-state index in [-0.39, 0.29) is 22.2 Å². The molecule has 0 fully saturated rings. The van der Waals surface area contributed by atoms with Crippen LogP contribution < -0.4 is 5.32 Å². The predicted molar refractivity (Wildman–Crippen MR) is 64.2 cm³/mol. The number of H-pyrrole nitrogens is 1. The number of aryl methyl sites for hydroxylation is 1. The topological polar surface area (TPSA) is 95.3 Å². The maximum absolute atomic E-state index is 11.7. The van der Waals surface area contributed by atoms with Gasteiger partial charge in [0.2, 0.25) is 0 Å². The van der Waals surface area contributed by atoms with E-state index in [0.717, 1.165) is 0 Å². The minimum atomic E-state index is -1.12. The molecule has 2 heterocycles. The first kappa shape index (κ1) is 12.3. The van der Waals surface area contributed by atoms with Gasteiger partial charge in [0.15, 0.2) is 11.0 Å². The zero-order valence-corrected chi connectivity index (χ0v) is 10.0. The number of nitrogens with one attached hydrogen (secondary N) is 2. The molecule has 0 spiro atoms. The average molecular weight is 269 g/mol. The number of hydrogen-bond donors (Lipinski definition) is 3. The molecule has 6 nitrogen and oxygen atoms in total. The lowest BCUT2D eigenvalue weighted by Crippen LogP contribution is -2.13. The van der Waals surface area contributed by atoms with E-state index in [2.05, 4.69) is 10.3 Å². The number of hydrogen-bond acceptors (Lipinski definition) is 3.